The molecule has 0 aliphatic carbocycles. The van der Waals surface area contributed by atoms with Gasteiger partial charge in [-0.25, -0.2) is 15.0 Å². The van der Waals surface area contributed by atoms with Crippen LogP contribution in [0, 0.1) is 10.1 Å². The predicted octanol–water partition coefficient (Wildman–Crippen LogP) is 3.33. The van der Waals surface area contributed by atoms with E-state index in [-0.39, 0.29) is 23.2 Å². The Hall–Kier alpha value is -4.27. The van der Waals surface area contributed by atoms with Gasteiger partial charge in [-0.1, -0.05) is 30.3 Å². The van der Waals surface area contributed by atoms with Crippen LogP contribution in [0.15, 0.2) is 81.0 Å². The molecule has 1 N–H and O–H groups in total. The van der Waals surface area contributed by atoms with E-state index in [4.69, 9.17) is 4.42 Å². The molecule has 0 aliphatic rings. The Morgan fingerprint density at radius 2 is 1.82 bits per heavy atom. The van der Waals surface area contributed by atoms with Crippen LogP contribution < -0.4 is 11.0 Å². The molecular formula is C19H13N5O4. The molecule has 0 unspecified atom stereocenters. The summed E-state index contributed by atoms with van der Waals surface area (Å²) in [6.45, 7) is 0. The maximum absolute atomic E-state index is 13.0. The van der Waals surface area contributed by atoms with Crippen molar-refractivity contribution in [1.29, 1.82) is 0 Å². The number of rotatable bonds is 5. The first-order valence-electron chi connectivity index (χ1n) is 8.24. The molecule has 0 saturated carbocycles. The second kappa shape index (κ2) is 7.16. The SMILES string of the molecule is O=c1c2ccccc2nc(N/N=C\c2ccc([N+](=O)[O-])o2)n1-c1ccccc1. The fraction of sp³-hybridized carbons (Fsp3) is 0. The molecule has 2 aromatic heterocycles. The lowest BCUT2D eigenvalue weighted by Crippen LogP contribution is -2.22. The average molecular weight is 375 g/mol. The lowest BCUT2D eigenvalue weighted by atomic mass is 10.2. The number of nitrogens with one attached hydrogen (secondary N) is 1. The Balaban J connectivity index is 1.75. The van der Waals surface area contributed by atoms with Gasteiger partial charge in [0.05, 0.1) is 28.9 Å². The Morgan fingerprint density at radius 1 is 1.07 bits per heavy atom. The number of benzene rings is 2. The van der Waals surface area contributed by atoms with Crippen molar-refractivity contribution in [2.24, 2.45) is 5.10 Å². The molecule has 138 valence electrons. The second-order valence-corrected chi connectivity index (χ2v) is 5.73. The maximum Gasteiger partial charge on any atom is 0.433 e. The van der Waals surface area contributed by atoms with Gasteiger partial charge < -0.3 is 4.42 Å². The van der Waals surface area contributed by atoms with Crippen molar-refractivity contribution in [3.05, 3.63) is 93.0 Å². The predicted molar refractivity (Wildman–Crippen MR) is 104 cm³/mol. The number of nitrogens with zero attached hydrogens (tertiary/aromatic N) is 4. The van der Waals surface area contributed by atoms with E-state index in [1.807, 2.05) is 18.2 Å². The van der Waals surface area contributed by atoms with Crippen LogP contribution in [0.2, 0.25) is 0 Å². The molecule has 2 aromatic carbocycles. The van der Waals surface area contributed by atoms with Crippen molar-refractivity contribution in [3.63, 3.8) is 0 Å². The van der Waals surface area contributed by atoms with E-state index >= 15 is 0 Å². The van der Waals surface area contributed by atoms with Gasteiger partial charge in [-0.3, -0.25) is 14.9 Å². The Kier molecular flexibility index (Phi) is 4.38. The van der Waals surface area contributed by atoms with Gasteiger partial charge in [-0.15, -0.1) is 0 Å². The van der Waals surface area contributed by atoms with Gasteiger partial charge >= 0.3 is 5.88 Å². The summed E-state index contributed by atoms with van der Waals surface area (Å²) in [5, 5.41) is 15.2. The lowest BCUT2D eigenvalue weighted by molar-refractivity contribution is -0.402. The highest BCUT2D eigenvalue weighted by atomic mass is 16.6. The van der Waals surface area contributed by atoms with E-state index in [9.17, 15) is 14.9 Å². The molecule has 0 spiro atoms. The molecule has 0 aliphatic heterocycles. The first-order valence-corrected chi connectivity index (χ1v) is 8.24. The highest BCUT2D eigenvalue weighted by molar-refractivity contribution is 5.80. The molecule has 9 nitrogen and oxygen atoms in total. The number of fused-ring (bicyclic) bond motifs is 1. The van der Waals surface area contributed by atoms with Crippen molar-refractivity contribution >= 4 is 29.0 Å². The number of anilines is 1. The summed E-state index contributed by atoms with van der Waals surface area (Å²) in [5.41, 5.74) is 3.62. The number of nitro groups is 1. The second-order valence-electron chi connectivity index (χ2n) is 5.73. The maximum atomic E-state index is 13.0. The zero-order valence-electron chi connectivity index (χ0n) is 14.4. The molecule has 4 rings (SSSR count). The van der Waals surface area contributed by atoms with E-state index in [0.717, 1.165) is 0 Å². The third-order valence-electron chi connectivity index (χ3n) is 3.94. The summed E-state index contributed by atoms with van der Waals surface area (Å²) >= 11 is 0. The van der Waals surface area contributed by atoms with Crippen molar-refractivity contribution in [1.82, 2.24) is 9.55 Å². The van der Waals surface area contributed by atoms with Crippen LogP contribution >= 0.6 is 0 Å². The van der Waals surface area contributed by atoms with Gasteiger partial charge in [0, 0.05) is 0 Å². The number of hydrogen-bond donors (Lipinski definition) is 1. The van der Waals surface area contributed by atoms with Crippen LogP contribution in [-0.4, -0.2) is 20.7 Å². The molecular weight excluding hydrogens is 362 g/mol. The molecule has 2 heterocycles. The average Bonchev–Trinajstić information content (AvgIpc) is 3.18. The van der Waals surface area contributed by atoms with Gasteiger partial charge in [0.1, 0.15) is 4.92 Å². The van der Waals surface area contributed by atoms with Crippen molar-refractivity contribution in [2.75, 3.05) is 5.43 Å². The lowest BCUT2D eigenvalue weighted by Gasteiger charge is -2.12. The Bertz CT molecular complexity index is 1240. The van der Waals surface area contributed by atoms with Crippen LogP contribution in [0.5, 0.6) is 0 Å². The number of hydrazone groups is 1. The zero-order chi connectivity index (χ0) is 19.5. The van der Waals surface area contributed by atoms with Crippen LogP contribution in [0.4, 0.5) is 11.8 Å². The fourth-order valence-electron chi connectivity index (χ4n) is 2.69. The zero-order valence-corrected chi connectivity index (χ0v) is 14.4. The Labute approximate surface area is 157 Å². The number of para-hydroxylation sites is 2. The first kappa shape index (κ1) is 17.2. The molecule has 0 saturated heterocycles. The highest BCUT2D eigenvalue weighted by Gasteiger charge is 2.13. The largest absolute Gasteiger partial charge is 0.433 e. The normalized spacial score (nSPS) is 11.1. The smallest absolute Gasteiger partial charge is 0.400 e. The first-order chi connectivity index (χ1) is 13.6. The van der Waals surface area contributed by atoms with E-state index in [1.165, 1.54) is 22.9 Å². The van der Waals surface area contributed by atoms with Gasteiger partial charge in [-0.2, -0.15) is 5.10 Å². The van der Waals surface area contributed by atoms with Gasteiger partial charge in [0.15, 0.2) is 5.76 Å². The summed E-state index contributed by atoms with van der Waals surface area (Å²) in [4.78, 5) is 27.5. The van der Waals surface area contributed by atoms with E-state index in [1.54, 1.807) is 36.4 Å². The van der Waals surface area contributed by atoms with Crippen LogP contribution in [0.25, 0.3) is 16.6 Å². The molecule has 9 heteroatoms. The molecule has 4 aromatic rings. The molecule has 0 amide bonds. The van der Waals surface area contributed by atoms with E-state index < -0.39 is 4.92 Å². The van der Waals surface area contributed by atoms with E-state index in [0.29, 0.717) is 16.6 Å². The molecule has 0 radical (unpaired) electrons. The fourth-order valence-corrected chi connectivity index (χ4v) is 2.69. The minimum atomic E-state index is -0.636. The molecule has 0 bridgehead atoms. The topological polar surface area (TPSA) is 116 Å². The number of hydrogen-bond acceptors (Lipinski definition) is 7. The third-order valence-corrected chi connectivity index (χ3v) is 3.94. The van der Waals surface area contributed by atoms with Gasteiger partial charge in [-0.05, 0) is 30.3 Å². The highest BCUT2D eigenvalue weighted by Crippen LogP contribution is 2.17. The van der Waals surface area contributed by atoms with Crippen molar-refractivity contribution < 1.29 is 9.34 Å². The number of aromatic nitrogens is 2. The molecule has 28 heavy (non-hydrogen) atoms. The minimum absolute atomic E-state index is 0.189. The standard InChI is InChI=1S/C19H13N5O4/c25-18-15-8-4-5-9-16(15)21-19(23(18)13-6-2-1-3-7-13)22-20-12-14-10-11-17(28-14)24(26)27/h1-12H,(H,21,22)/b20-12-. The van der Waals surface area contributed by atoms with Crippen molar-refractivity contribution in [3.8, 4) is 5.69 Å². The molecule has 0 atom stereocenters. The number of furan rings is 1. The van der Waals surface area contributed by atoms with Crippen LogP contribution in [0.1, 0.15) is 5.76 Å². The summed E-state index contributed by atoms with van der Waals surface area (Å²) in [6.07, 6.45) is 1.27. The van der Waals surface area contributed by atoms with Crippen molar-refractivity contribution in [2.45, 2.75) is 0 Å². The van der Waals surface area contributed by atoms with E-state index in [2.05, 4.69) is 15.5 Å². The van der Waals surface area contributed by atoms with Crippen LogP contribution in [-0.2, 0) is 0 Å². The van der Waals surface area contributed by atoms with Gasteiger partial charge in [0.2, 0.25) is 5.95 Å². The minimum Gasteiger partial charge on any atom is -0.400 e. The summed E-state index contributed by atoms with van der Waals surface area (Å²) < 4.78 is 6.42. The monoisotopic (exact) mass is 375 g/mol. The summed E-state index contributed by atoms with van der Waals surface area (Å²) in [6, 6.07) is 18.7. The third kappa shape index (κ3) is 3.23. The summed E-state index contributed by atoms with van der Waals surface area (Å²) in [5.74, 6) is 0.00674. The van der Waals surface area contributed by atoms with Crippen LogP contribution in [0.3, 0.4) is 0 Å². The quantitative estimate of drug-likeness (QED) is 0.325. The van der Waals surface area contributed by atoms with Gasteiger partial charge in [0.25, 0.3) is 5.56 Å². The Morgan fingerprint density at radius 3 is 2.57 bits per heavy atom. The molecule has 0 fully saturated rings. The summed E-state index contributed by atoms with van der Waals surface area (Å²) in [7, 11) is 0.